The molecule has 0 saturated carbocycles. The van der Waals surface area contributed by atoms with Crippen molar-refractivity contribution >= 4 is 17.6 Å². The van der Waals surface area contributed by atoms with Gasteiger partial charge in [0.15, 0.2) is 5.82 Å². The van der Waals surface area contributed by atoms with Crippen LogP contribution in [0, 0.1) is 5.82 Å². The van der Waals surface area contributed by atoms with Gasteiger partial charge in [-0.1, -0.05) is 0 Å². The number of primary amides is 1. The number of rotatable bonds is 6. The average Bonchev–Trinajstić information content (AvgIpc) is 2.37. The van der Waals surface area contributed by atoms with E-state index >= 15 is 0 Å². The molecule has 19 heavy (non-hydrogen) atoms. The highest BCUT2D eigenvalue weighted by atomic mass is 19.1. The number of halogens is 1. The predicted octanol–water partition coefficient (Wildman–Crippen LogP) is 1.22. The molecule has 4 N–H and O–H groups in total. The lowest BCUT2D eigenvalue weighted by atomic mass is 10.0. The zero-order chi connectivity index (χ0) is 14.4. The number of hydrogen-bond acceptors (Lipinski definition) is 5. The van der Waals surface area contributed by atoms with Crippen LogP contribution in [0.25, 0.3) is 0 Å². The second kappa shape index (κ2) is 6.69. The molecule has 0 atom stereocenters. The maximum atomic E-state index is 13.8. The molecule has 0 aromatic heterocycles. The Balaban J connectivity index is 2.95. The number of anilines is 1. The quantitative estimate of drug-likeness (QED) is 0.533. The minimum absolute atomic E-state index is 0.0299. The van der Waals surface area contributed by atoms with E-state index in [2.05, 4.69) is 0 Å². The highest BCUT2D eigenvalue weighted by Crippen LogP contribution is 2.21. The summed E-state index contributed by atoms with van der Waals surface area (Å²) < 4.78 is 18.5. The van der Waals surface area contributed by atoms with E-state index in [1.807, 2.05) is 0 Å². The predicted molar refractivity (Wildman–Crippen MR) is 65.3 cm³/mol. The SMILES string of the molecule is CCOC(=O)CCc1cc(C(N)=O)cc(NO)c1F. The van der Waals surface area contributed by atoms with Gasteiger partial charge in [-0.15, -0.1) is 0 Å². The summed E-state index contributed by atoms with van der Waals surface area (Å²) in [4.78, 5) is 22.3. The number of nitrogens with one attached hydrogen (secondary N) is 1. The molecule has 0 aliphatic heterocycles. The zero-order valence-corrected chi connectivity index (χ0v) is 10.4. The second-order valence-electron chi connectivity index (χ2n) is 3.78. The number of hydrogen-bond donors (Lipinski definition) is 3. The lowest BCUT2D eigenvalue weighted by molar-refractivity contribution is -0.143. The molecule has 0 spiro atoms. The van der Waals surface area contributed by atoms with Crippen LogP contribution in [0.5, 0.6) is 0 Å². The first-order chi connectivity index (χ1) is 8.99. The van der Waals surface area contributed by atoms with Gasteiger partial charge in [-0.2, -0.15) is 0 Å². The normalized spacial score (nSPS) is 10.1. The number of aryl methyl sites for hydroxylation is 1. The van der Waals surface area contributed by atoms with Crippen molar-refractivity contribution in [2.75, 3.05) is 12.1 Å². The maximum Gasteiger partial charge on any atom is 0.306 e. The van der Waals surface area contributed by atoms with Gasteiger partial charge >= 0.3 is 5.97 Å². The summed E-state index contributed by atoms with van der Waals surface area (Å²) in [7, 11) is 0. The van der Waals surface area contributed by atoms with E-state index < -0.39 is 17.7 Å². The summed E-state index contributed by atoms with van der Waals surface area (Å²) in [6.45, 7) is 1.91. The lowest BCUT2D eigenvalue weighted by Crippen LogP contribution is -2.13. The molecule has 0 saturated heterocycles. The number of carbonyl (C=O) groups is 2. The van der Waals surface area contributed by atoms with Crippen LogP contribution in [-0.2, 0) is 16.0 Å². The fraction of sp³-hybridized carbons (Fsp3) is 0.333. The average molecular weight is 270 g/mol. The Labute approximate surface area is 109 Å². The lowest BCUT2D eigenvalue weighted by Gasteiger charge is -2.09. The Morgan fingerprint density at radius 2 is 2.16 bits per heavy atom. The zero-order valence-electron chi connectivity index (χ0n) is 10.4. The molecule has 6 nitrogen and oxygen atoms in total. The van der Waals surface area contributed by atoms with E-state index in [1.165, 1.54) is 6.07 Å². The van der Waals surface area contributed by atoms with Crippen molar-refractivity contribution in [3.05, 3.63) is 29.1 Å². The van der Waals surface area contributed by atoms with Gasteiger partial charge in [0.1, 0.15) is 0 Å². The third-order valence-electron chi connectivity index (χ3n) is 2.46. The van der Waals surface area contributed by atoms with Crippen LogP contribution in [0.4, 0.5) is 10.1 Å². The molecular formula is C12H15FN2O4. The summed E-state index contributed by atoms with van der Waals surface area (Å²) in [5.74, 6) is -1.96. The molecule has 1 aromatic rings. The van der Waals surface area contributed by atoms with Crippen molar-refractivity contribution in [2.45, 2.75) is 19.8 Å². The molecule has 1 rings (SSSR count). The minimum Gasteiger partial charge on any atom is -0.466 e. The highest BCUT2D eigenvalue weighted by molar-refractivity contribution is 5.94. The van der Waals surface area contributed by atoms with Crippen molar-refractivity contribution in [1.29, 1.82) is 0 Å². The molecule has 1 amide bonds. The fourth-order valence-corrected chi connectivity index (χ4v) is 1.56. The second-order valence-corrected chi connectivity index (χ2v) is 3.78. The van der Waals surface area contributed by atoms with Crippen LogP contribution >= 0.6 is 0 Å². The highest BCUT2D eigenvalue weighted by Gasteiger charge is 2.14. The standard InChI is InChI=1S/C12H15FN2O4/c1-2-19-10(16)4-3-7-5-8(12(14)17)6-9(15-18)11(7)13/h5-6,15,18H,2-4H2,1H3,(H2,14,17). The Morgan fingerprint density at radius 3 is 2.68 bits per heavy atom. The Bertz CT molecular complexity index is 491. The first kappa shape index (κ1) is 14.9. The molecule has 0 aliphatic rings. The molecule has 0 aliphatic carbocycles. The monoisotopic (exact) mass is 270 g/mol. The van der Waals surface area contributed by atoms with Crippen LogP contribution in [0.3, 0.4) is 0 Å². The summed E-state index contributed by atoms with van der Waals surface area (Å²) in [6.07, 6.45) is 0.0122. The summed E-state index contributed by atoms with van der Waals surface area (Å²) in [5, 5.41) is 8.78. The molecule has 7 heteroatoms. The first-order valence-electron chi connectivity index (χ1n) is 5.67. The third-order valence-corrected chi connectivity index (χ3v) is 2.46. The van der Waals surface area contributed by atoms with Gasteiger partial charge in [0.25, 0.3) is 0 Å². The number of carbonyl (C=O) groups excluding carboxylic acids is 2. The van der Waals surface area contributed by atoms with Crippen LogP contribution in [0.1, 0.15) is 29.3 Å². The largest absolute Gasteiger partial charge is 0.466 e. The van der Waals surface area contributed by atoms with Gasteiger partial charge in [0.05, 0.1) is 12.3 Å². The number of amides is 1. The molecule has 0 unspecified atom stereocenters. The maximum absolute atomic E-state index is 13.8. The van der Waals surface area contributed by atoms with Gasteiger partial charge in [-0.3, -0.25) is 20.3 Å². The van der Waals surface area contributed by atoms with E-state index in [0.717, 1.165) is 6.07 Å². The topological polar surface area (TPSA) is 102 Å². The van der Waals surface area contributed by atoms with Crippen LogP contribution in [0.15, 0.2) is 12.1 Å². The van der Waals surface area contributed by atoms with Crippen molar-refractivity contribution in [1.82, 2.24) is 0 Å². The van der Waals surface area contributed by atoms with E-state index in [1.54, 1.807) is 12.4 Å². The van der Waals surface area contributed by atoms with Crippen LogP contribution in [-0.4, -0.2) is 23.7 Å². The van der Waals surface area contributed by atoms with Crippen LogP contribution in [0.2, 0.25) is 0 Å². The molecule has 0 fully saturated rings. The molecule has 0 radical (unpaired) electrons. The smallest absolute Gasteiger partial charge is 0.306 e. The number of ether oxygens (including phenoxy) is 1. The van der Waals surface area contributed by atoms with E-state index in [0.29, 0.717) is 0 Å². The van der Waals surface area contributed by atoms with Crippen LogP contribution < -0.4 is 11.2 Å². The van der Waals surface area contributed by atoms with E-state index in [4.69, 9.17) is 15.7 Å². The van der Waals surface area contributed by atoms with E-state index in [-0.39, 0.29) is 36.3 Å². The summed E-state index contributed by atoms with van der Waals surface area (Å²) in [6, 6.07) is 2.34. The van der Waals surface area contributed by atoms with Crippen molar-refractivity contribution in [3.8, 4) is 0 Å². The summed E-state index contributed by atoms with van der Waals surface area (Å²) >= 11 is 0. The molecule has 104 valence electrons. The molecular weight excluding hydrogens is 255 g/mol. The number of esters is 1. The molecule has 0 bridgehead atoms. The van der Waals surface area contributed by atoms with Gasteiger partial charge in [-0.25, -0.2) is 4.39 Å². The summed E-state index contributed by atoms with van der Waals surface area (Å²) in [5.41, 5.74) is 6.61. The third kappa shape index (κ3) is 3.92. The van der Waals surface area contributed by atoms with Gasteiger partial charge in [-0.05, 0) is 31.0 Å². The van der Waals surface area contributed by atoms with E-state index in [9.17, 15) is 14.0 Å². The minimum atomic E-state index is -0.756. The molecule has 0 heterocycles. The van der Waals surface area contributed by atoms with Gasteiger partial charge < -0.3 is 10.5 Å². The van der Waals surface area contributed by atoms with Gasteiger partial charge in [0, 0.05) is 12.0 Å². The van der Waals surface area contributed by atoms with Gasteiger partial charge in [0.2, 0.25) is 5.91 Å². The van der Waals surface area contributed by atoms with Crippen molar-refractivity contribution < 1.29 is 23.9 Å². The number of benzene rings is 1. The number of nitrogens with two attached hydrogens (primary N) is 1. The van der Waals surface area contributed by atoms with Crippen molar-refractivity contribution in [2.24, 2.45) is 5.73 Å². The van der Waals surface area contributed by atoms with Crippen molar-refractivity contribution in [3.63, 3.8) is 0 Å². The first-order valence-corrected chi connectivity index (χ1v) is 5.67. The Hall–Kier alpha value is -2.15. The Morgan fingerprint density at radius 1 is 1.47 bits per heavy atom. The molecule has 1 aromatic carbocycles. The fourth-order valence-electron chi connectivity index (χ4n) is 1.56. The Kier molecular flexibility index (Phi) is 5.25.